The van der Waals surface area contributed by atoms with E-state index in [4.69, 9.17) is 4.74 Å². The minimum atomic E-state index is -4.54. The summed E-state index contributed by atoms with van der Waals surface area (Å²) in [5.41, 5.74) is 4.56. The average Bonchev–Trinajstić information content (AvgIpc) is 3.38. The molecule has 4 rings (SSSR count). The molecular formula is C37H45I2N2O8S2+. The molecule has 0 fully saturated rings. The van der Waals surface area contributed by atoms with E-state index in [0.29, 0.717) is 42.7 Å². The van der Waals surface area contributed by atoms with Crippen molar-refractivity contribution in [2.45, 2.75) is 88.2 Å². The molecule has 2 aliphatic heterocycles. The third kappa shape index (κ3) is 9.41. The Labute approximate surface area is 329 Å². The second-order valence-electron chi connectivity index (χ2n) is 13.5. The van der Waals surface area contributed by atoms with Crippen molar-refractivity contribution in [3.05, 3.63) is 96.8 Å². The number of allylic oxidation sites excluding steroid dienone is 8. The van der Waals surface area contributed by atoms with Crippen LogP contribution in [0.5, 0.6) is 0 Å². The van der Waals surface area contributed by atoms with E-state index < -0.39 is 37.6 Å². The molecule has 2 unspecified atom stereocenters. The first-order valence-corrected chi connectivity index (χ1v) is 21.9. The van der Waals surface area contributed by atoms with Crippen molar-refractivity contribution in [1.29, 1.82) is 0 Å². The highest BCUT2D eigenvalue weighted by molar-refractivity contribution is 14.1. The van der Waals surface area contributed by atoms with Gasteiger partial charge in [-0.3, -0.25) is 13.9 Å². The Morgan fingerprint density at radius 2 is 1.65 bits per heavy atom. The molecule has 2 heterocycles. The minimum absolute atomic E-state index is 0.171. The smallest absolute Gasteiger partial charge is 0.295 e. The van der Waals surface area contributed by atoms with E-state index in [0.717, 1.165) is 12.8 Å². The lowest BCUT2D eigenvalue weighted by atomic mass is 9.77. The van der Waals surface area contributed by atoms with Gasteiger partial charge in [0, 0.05) is 42.5 Å². The van der Waals surface area contributed by atoms with Crippen LogP contribution in [-0.2, 0) is 40.6 Å². The molecule has 51 heavy (non-hydrogen) atoms. The lowest BCUT2D eigenvalue weighted by Crippen LogP contribution is -2.38. The SMILES string of the molecule is CCCCC(OC=O)N1\C(=C/C=C/C=C/C=C/C2=[N+](C)c3cc(I)cc(I)c3C2(C)C)C(C)(CCCCS(=O)(=O)O)c2cc(S(=O)(=O)O)ccc21. The molecule has 276 valence electrons. The largest absolute Gasteiger partial charge is 0.443 e. The van der Waals surface area contributed by atoms with Gasteiger partial charge in [-0.1, -0.05) is 50.1 Å². The van der Waals surface area contributed by atoms with Crippen molar-refractivity contribution in [3.63, 3.8) is 0 Å². The van der Waals surface area contributed by atoms with Crippen LogP contribution in [-0.4, -0.2) is 61.7 Å². The zero-order valence-corrected chi connectivity index (χ0v) is 35.3. The third-order valence-corrected chi connectivity index (χ3v) is 12.7. The first kappa shape index (κ1) is 41.4. The van der Waals surface area contributed by atoms with Crippen molar-refractivity contribution in [2.75, 3.05) is 17.7 Å². The van der Waals surface area contributed by atoms with Gasteiger partial charge in [0.1, 0.15) is 7.05 Å². The first-order chi connectivity index (χ1) is 23.9. The van der Waals surface area contributed by atoms with E-state index in [-0.39, 0.29) is 16.7 Å². The van der Waals surface area contributed by atoms with Gasteiger partial charge in [0.2, 0.25) is 5.69 Å². The van der Waals surface area contributed by atoms with Crippen molar-refractivity contribution in [3.8, 4) is 0 Å². The molecule has 0 bridgehead atoms. The second-order valence-corrected chi connectivity index (χ2v) is 18.9. The zero-order chi connectivity index (χ0) is 37.8. The second kappa shape index (κ2) is 16.7. The monoisotopic (exact) mass is 963 g/mol. The van der Waals surface area contributed by atoms with Crippen LogP contribution in [0.4, 0.5) is 11.4 Å². The maximum atomic E-state index is 12.2. The Kier molecular flexibility index (Phi) is 13.6. The fourth-order valence-corrected chi connectivity index (χ4v) is 10.7. The van der Waals surface area contributed by atoms with Crippen LogP contribution < -0.4 is 4.90 Å². The number of hydrogen-bond acceptors (Lipinski definition) is 7. The van der Waals surface area contributed by atoms with Gasteiger partial charge < -0.3 is 9.64 Å². The van der Waals surface area contributed by atoms with Crippen LogP contribution in [0, 0.1) is 7.14 Å². The van der Waals surface area contributed by atoms with Gasteiger partial charge in [-0.25, -0.2) is 0 Å². The van der Waals surface area contributed by atoms with Crippen molar-refractivity contribution in [1.82, 2.24) is 0 Å². The van der Waals surface area contributed by atoms with Crippen LogP contribution in [0.2, 0.25) is 0 Å². The number of hydrogen-bond donors (Lipinski definition) is 2. The van der Waals surface area contributed by atoms with Crippen LogP contribution in [0.1, 0.15) is 77.3 Å². The van der Waals surface area contributed by atoms with Gasteiger partial charge in [0.25, 0.3) is 26.7 Å². The summed E-state index contributed by atoms with van der Waals surface area (Å²) in [6.45, 7) is 8.80. The Bertz CT molecular complexity index is 2040. The summed E-state index contributed by atoms with van der Waals surface area (Å²) >= 11 is 4.76. The van der Waals surface area contributed by atoms with Crippen molar-refractivity contribution in [2.24, 2.45) is 0 Å². The topological polar surface area (TPSA) is 141 Å². The predicted molar refractivity (Wildman–Crippen MR) is 218 cm³/mol. The molecule has 14 heteroatoms. The van der Waals surface area contributed by atoms with Crippen LogP contribution in [0.15, 0.2) is 83.5 Å². The van der Waals surface area contributed by atoms with Gasteiger partial charge in [-0.05, 0) is 121 Å². The highest BCUT2D eigenvalue weighted by Crippen LogP contribution is 2.52. The molecule has 0 aliphatic carbocycles. The highest BCUT2D eigenvalue weighted by Gasteiger charge is 2.47. The molecule has 0 amide bonds. The fourth-order valence-electron chi connectivity index (χ4n) is 7.09. The summed E-state index contributed by atoms with van der Waals surface area (Å²) in [5, 5.41) is 0. The molecule has 10 nitrogen and oxygen atoms in total. The molecule has 2 aliphatic rings. The van der Waals surface area contributed by atoms with E-state index in [2.05, 4.69) is 88.9 Å². The Balaban J connectivity index is 1.71. The summed E-state index contributed by atoms with van der Waals surface area (Å²) in [6.07, 6.45) is 15.9. The number of halogens is 2. The van der Waals surface area contributed by atoms with E-state index in [1.165, 1.54) is 36.2 Å². The van der Waals surface area contributed by atoms with E-state index in [1.807, 2.05) is 55.2 Å². The van der Waals surface area contributed by atoms with Gasteiger partial charge in [0.05, 0.1) is 21.6 Å². The van der Waals surface area contributed by atoms with E-state index in [1.54, 1.807) is 6.07 Å². The minimum Gasteiger partial charge on any atom is -0.443 e. The number of unbranched alkanes of at least 4 members (excludes halogenated alkanes) is 2. The summed E-state index contributed by atoms with van der Waals surface area (Å²) in [5.74, 6) is -0.411. The third-order valence-electron chi connectivity index (χ3n) is 9.55. The van der Waals surface area contributed by atoms with Crippen LogP contribution in [0.3, 0.4) is 0 Å². The molecular weight excluding hydrogens is 918 g/mol. The first-order valence-electron chi connectivity index (χ1n) is 16.6. The number of carbonyl (C=O) groups is 1. The van der Waals surface area contributed by atoms with Crippen LogP contribution >= 0.6 is 45.2 Å². The molecule has 2 aromatic carbocycles. The molecule has 0 saturated heterocycles. The Hall–Kier alpha value is -2.38. The Morgan fingerprint density at radius 1 is 0.961 bits per heavy atom. The zero-order valence-electron chi connectivity index (χ0n) is 29.3. The normalized spacial score (nSPS) is 20.3. The summed E-state index contributed by atoms with van der Waals surface area (Å²) in [6, 6.07) is 8.73. The van der Waals surface area contributed by atoms with Gasteiger partial charge >= 0.3 is 0 Å². The molecule has 0 radical (unpaired) electrons. The molecule has 2 atom stereocenters. The molecule has 0 spiro atoms. The van der Waals surface area contributed by atoms with Crippen molar-refractivity contribution >= 4 is 89.0 Å². The predicted octanol–water partition coefficient (Wildman–Crippen LogP) is 8.23. The average molecular weight is 964 g/mol. The molecule has 2 aromatic rings. The molecule has 0 aromatic heterocycles. The van der Waals surface area contributed by atoms with Gasteiger partial charge in [-0.15, -0.1) is 0 Å². The number of benzene rings is 2. The van der Waals surface area contributed by atoms with Gasteiger partial charge in [0.15, 0.2) is 11.9 Å². The molecule has 0 saturated carbocycles. The Morgan fingerprint density at radius 3 is 2.29 bits per heavy atom. The summed E-state index contributed by atoms with van der Waals surface area (Å²) in [7, 11) is -6.62. The van der Waals surface area contributed by atoms with E-state index in [9.17, 15) is 30.7 Å². The van der Waals surface area contributed by atoms with Gasteiger partial charge in [-0.2, -0.15) is 21.4 Å². The summed E-state index contributed by atoms with van der Waals surface area (Å²) < 4.78 is 76.8. The lowest BCUT2D eigenvalue weighted by Gasteiger charge is -2.34. The standard InChI is InChI=1S/C37H44I2N2O8S2/c1-6-7-17-34(49-25-42)41-30-19-18-27(51(46,47)48)24-28(30)37(4,20-13-14-21-50(43,44)45)33(41)16-12-10-8-9-11-15-32-36(2,3)35-29(39)22-26(38)23-31(35)40(32)5/h8-12,15-16,18-19,22-25,34H,6-7,13-14,17,20-21H2,1-5H3,(H-,43,44,45,46,47,48)/p+1. The summed E-state index contributed by atoms with van der Waals surface area (Å²) in [4.78, 5) is 13.3. The maximum absolute atomic E-state index is 12.2. The number of nitrogens with zero attached hydrogens (tertiary/aromatic N) is 2. The number of anilines is 1. The van der Waals surface area contributed by atoms with E-state index >= 15 is 0 Å². The maximum Gasteiger partial charge on any atom is 0.295 e. The number of fused-ring (bicyclic) bond motifs is 2. The number of ether oxygens (including phenoxy) is 1. The number of rotatable bonds is 16. The quantitative estimate of drug-likeness (QED) is 0.0425. The number of carbonyl (C=O) groups excluding carboxylic acids is 1. The molecule has 2 N–H and O–H groups in total. The lowest BCUT2D eigenvalue weighted by molar-refractivity contribution is -0.401. The fraction of sp³-hybridized carbons (Fsp3) is 0.405. The highest BCUT2D eigenvalue weighted by atomic mass is 127. The van der Waals surface area contributed by atoms with Crippen molar-refractivity contribution < 1.29 is 40.0 Å². The van der Waals surface area contributed by atoms with Crippen LogP contribution in [0.25, 0.3) is 0 Å².